The Kier molecular flexibility index (Phi) is 4.51. The van der Waals surface area contributed by atoms with Gasteiger partial charge in [-0.25, -0.2) is 0 Å². The van der Waals surface area contributed by atoms with Gasteiger partial charge in [-0.2, -0.15) is 0 Å². The van der Waals surface area contributed by atoms with Crippen LogP contribution in [0.4, 0.5) is 0 Å². The molecular weight excluding hydrogens is 336 g/mol. The highest BCUT2D eigenvalue weighted by Crippen LogP contribution is 2.42. The summed E-state index contributed by atoms with van der Waals surface area (Å²) in [4.78, 5) is 13.3. The fourth-order valence-electron chi connectivity index (χ4n) is 3.57. The van der Waals surface area contributed by atoms with Crippen LogP contribution < -0.4 is 4.74 Å². The molecule has 0 fully saturated rings. The molecule has 0 amide bonds. The molecule has 0 saturated heterocycles. The zero-order chi connectivity index (χ0) is 18.7. The van der Waals surface area contributed by atoms with Gasteiger partial charge in [0.2, 0.25) is 0 Å². The number of hydrogen-bond acceptors (Lipinski definition) is 3. The molecule has 0 N–H and O–H groups in total. The second-order valence-corrected chi connectivity index (χ2v) is 6.53. The highest BCUT2D eigenvalue weighted by molar-refractivity contribution is 5.93. The monoisotopic (exact) mass is 356 g/mol. The standard InChI is InChI=1S/C24H20O3/c1-26-21-14-12-18(13-15-21)22-16-17-24(23(25)27-22,19-8-4-2-5-9-19)20-10-6-3-7-11-20/h2-16H,17H2,1H3. The number of carbonyl (C=O) groups is 1. The van der Waals surface area contributed by atoms with Crippen molar-refractivity contribution in [2.24, 2.45) is 0 Å². The number of esters is 1. The summed E-state index contributed by atoms with van der Waals surface area (Å²) in [7, 11) is 1.63. The molecule has 3 aromatic rings. The average Bonchev–Trinajstić information content (AvgIpc) is 2.75. The molecule has 0 bridgehead atoms. The molecule has 0 radical (unpaired) electrons. The van der Waals surface area contributed by atoms with Gasteiger partial charge < -0.3 is 9.47 Å². The quantitative estimate of drug-likeness (QED) is 0.619. The van der Waals surface area contributed by atoms with Gasteiger partial charge in [0, 0.05) is 5.56 Å². The molecule has 1 aliphatic heterocycles. The Labute approximate surface area is 158 Å². The summed E-state index contributed by atoms with van der Waals surface area (Å²) >= 11 is 0. The van der Waals surface area contributed by atoms with Crippen LogP contribution in [0.3, 0.4) is 0 Å². The summed E-state index contributed by atoms with van der Waals surface area (Å²) in [5.41, 5.74) is 1.90. The van der Waals surface area contributed by atoms with E-state index < -0.39 is 5.41 Å². The van der Waals surface area contributed by atoms with Crippen molar-refractivity contribution in [3.8, 4) is 5.75 Å². The van der Waals surface area contributed by atoms with Gasteiger partial charge in [0.25, 0.3) is 0 Å². The van der Waals surface area contributed by atoms with Crippen LogP contribution in [-0.4, -0.2) is 13.1 Å². The minimum Gasteiger partial charge on any atom is -0.497 e. The summed E-state index contributed by atoms with van der Waals surface area (Å²) in [5, 5.41) is 0. The highest BCUT2D eigenvalue weighted by Gasteiger charge is 2.45. The van der Waals surface area contributed by atoms with Crippen LogP contribution in [0.2, 0.25) is 0 Å². The summed E-state index contributed by atoms with van der Waals surface area (Å²) in [5.74, 6) is 1.10. The molecule has 3 aromatic carbocycles. The number of cyclic esters (lactones) is 1. The maximum Gasteiger partial charge on any atom is 0.326 e. The van der Waals surface area contributed by atoms with E-state index in [-0.39, 0.29) is 5.97 Å². The number of methoxy groups -OCH3 is 1. The Balaban J connectivity index is 1.78. The molecule has 3 heteroatoms. The van der Waals surface area contributed by atoms with Crippen LogP contribution in [-0.2, 0) is 14.9 Å². The van der Waals surface area contributed by atoms with Crippen molar-refractivity contribution in [3.05, 3.63) is 108 Å². The highest BCUT2D eigenvalue weighted by atomic mass is 16.5. The first kappa shape index (κ1) is 17.1. The molecule has 0 aromatic heterocycles. The lowest BCUT2D eigenvalue weighted by atomic mass is 9.71. The van der Waals surface area contributed by atoms with Crippen LogP contribution in [0, 0.1) is 0 Å². The molecule has 0 saturated carbocycles. The number of ether oxygens (including phenoxy) is 2. The van der Waals surface area contributed by atoms with Crippen molar-refractivity contribution in [1.29, 1.82) is 0 Å². The molecule has 0 unspecified atom stereocenters. The lowest BCUT2D eigenvalue weighted by Gasteiger charge is -2.35. The van der Waals surface area contributed by atoms with E-state index in [2.05, 4.69) is 0 Å². The van der Waals surface area contributed by atoms with Crippen molar-refractivity contribution >= 4 is 11.7 Å². The molecule has 134 valence electrons. The molecule has 0 aliphatic carbocycles. The minimum atomic E-state index is -0.835. The second-order valence-electron chi connectivity index (χ2n) is 6.53. The minimum absolute atomic E-state index is 0.256. The predicted octanol–water partition coefficient (Wildman–Crippen LogP) is 4.97. The second kappa shape index (κ2) is 7.12. The molecule has 1 aliphatic rings. The number of benzene rings is 3. The Morgan fingerprint density at radius 2 is 1.37 bits per heavy atom. The first-order valence-electron chi connectivity index (χ1n) is 8.92. The third-order valence-electron chi connectivity index (χ3n) is 5.05. The van der Waals surface area contributed by atoms with Crippen LogP contribution in [0.15, 0.2) is 91.0 Å². The first-order chi connectivity index (χ1) is 13.2. The molecule has 4 rings (SSSR count). The Morgan fingerprint density at radius 1 is 0.815 bits per heavy atom. The first-order valence-corrected chi connectivity index (χ1v) is 8.92. The topological polar surface area (TPSA) is 35.5 Å². The van der Waals surface area contributed by atoms with Gasteiger partial charge >= 0.3 is 5.97 Å². The summed E-state index contributed by atoms with van der Waals surface area (Å²) < 4.78 is 11.1. The van der Waals surface area contributed by atoms with E-state index >= 15 is 0 Å². The summed E-state index contributed by atoms with van der Waals surface area (Å²) in [6, 6.07) is 27.2. The zero-order valence-corrected chi connectivity index (χ0v) is 15.1. The van der Waals surface area contributed by atoms with Crippen molar-refractivity contribution in [1.82, 2.24) is 0 Å². The van der Waals surface area contributed by atoms with E-state index in [4.69, 9.17) is 9.47 Å². The van der Waals surface area contributed by atoms with Crippen molar-refractivity contribution in [2.45, 2.75) is 11.8 Å². The normalized spacial score (nSPS) is 15.6. The van der Waals surface area contributed by atoms with Crippen LogP contribution in [0.5, 0.6) is 5.75 Å². The van der Waals surface area contributed by atoms with Crippen LogP contribution in [0.25, 0.3) is 5.76 Å². The van der Waals surface area contributed by atoms with Gasteiger partial charge in [-0.05, 0) is 47.9 Å². The third kappa shape index (κ3) is 3.02. The molecule has 1 heterocycles. The number of rotatable bonds is 4. The largest absolute Gasteiger partial charge is 0.497 e. The smallest absolute Gasteiger partial charge is 0.326 e. The lowest BCUT2D eigenvalue weighted by molar-refractivity contribution is -0.142. The van der Waals surface area contributed by atoms with E-state index in [1.807, 2.05) is 91.0 Å². The van der Waals surface area contributed by atoms with Crippen LogP contribution >= 0.6 is 0 Å². The van der Waals surface area contributed by atoms with E-state index in [1.165, 1.54) is 0 Å². The predicted molar refractivity (Wildman–Crippen MR) is 105 cm³/mol. The van der Waals surface area contributed by atoms with Gasteiger partial charge in [-0.1, -0.05) is 60.7 Å². The Hall–Kier alpha value is -3.33. The number of allylic oxidation sites excluding steroid dienone is 1. The van der Waals surface area contributed by atoms with Crippen molar-refractivity contribution < 1.29 is 14.3 Å². The fraction of sp³-hybridized carbons (Fsp3) is 0.125. The maximum atomic E-state index is 13.3. The van der Waals surface area contributed by atoms with E-state index in [1.54, 1.807) is 7.11 Å². The Morgan fingerprint density at radius 3 is 1.85 bits per heavy atom. The zero-order valence-electron chi connectivity index (χ0n) is 15.1. The van der Waals surface area contributed by atoms with Crippen molar-refractivity contribution in [2.75, 3.05) is 7.11 Å². The average molecular weight is 356 g/mol. The number of carbonyl (C=O) groups excluding carboxylic acids is 1. The third-order valence-corrected chi connectivity index (χ3v) is 5.05. The van der Waals surface area contributed by atoms with E-state index in [0.717, 1.165) is 22.4 Å². The lowest BCUT2D eigenvalue weighted by Crippen LogP contribution is -2.40. The summed E-state index contributed by atoms with van der Waals surface area (Å²) in [6.07, 6.45) is 2.55. The van der Waals surface area contributed by atoms with Gasteiger partial charge in [0.1, 0.15) is 16.9 Å². The molecule has 3 nitrogen and oxygen atoms in total. The number of hydrogen-bond donors (Lipinski definition) is 0. The van der Waals surface area contributed by atoms with E-state index in [0.29, 0.717) is 12.2 Å². The van der Waals surface area contributed by atoms with Crippen molar-refractivity contribution in [3.63, 3.8) is 0 Å². The van der Waals surface area contributed by atoms with Gasteiger partial charge in [-0.3, -0.25) is 4.79 Å². The molecular formula is C24H20O3. The van der Waals surface area contributed by atoms with Gasteiger partial charge in [0.15, 0.2) is 0 Å². The molecule has 0 atom stereocenters. The molecule has 27 heavy (non-hydrogen) atoms. The van der Waals surface area contributed by atoms with Crippen LogP contribution in [0.1, 0.15) is 23.1 Å². The summed E-state index contributed by atoms with van der Waals surface area (Å²) in [6.45, 7) is 0. The van der Waals surface area contributed by atoms with E-state index in [9.17, 15) is 4.79 Å². The fourth-order valence-corrected chi connectivity index (χ4v) is 3.57. The molecule has 0 spiro atoms. The van der Waals surface area contributed by atoms with Gasteiger partial charge in [0.05, 0.1) is 7.11 Å². The van der Waals surface area contributed by atoms with Gasteiger partial charge in [-0.15, -0.1) is 0 Å². The maximum absolute atomic E-state index is 13.3. The SMILES string of the molecule is COc1ccc(C2=CCC(c3ccccc3)(c3ccccc3)C(=O)O2)cc1. The Bertz CT molecular complexity index is 918.